The van der Waals surface area contributed by atoms with Crippen LogP contribution in [0.3, 0.4) is 0 Å². The lowest BCUT2D eigenvalue weighted by molar-refractivity contribution is 0.590. The smallest absolute Gasteiger partial charge is 0.164 e. The van der Waals surface area contributed by atoms with Crippen LogP contribution < -0.4 is 0 Å². The summed E-state index contributed by atoms with van der Waals surface area (Å²) in [5.74, 6) is 2.03. The second kappa shape index (κ2) is 10.8. The van der Waals surface area contributed by atoms with Gasteiger partial charge in [0.2, 0.25) is 0 Å². The third-order valence-corrected chi connectivity index (χ3v) is 6.28. The van der Waals surface area contributed by atoms with Gasteiger partial charge in [-0.2, -0.15) is 0 Å². The molecule has 1 aromatic heterocycles. The minimum absolute atomic E-state index is 0.0974. The quantitative estimate of drug-likeness (QED) is 0.265. The molecule has 4 rings (SSSR count). The van der Waals surface area contributed by atoms with Crippen molar-refractivity contribution in [2.45, 2.75) is 66.2 Å². The lowest BCUT2D eigenvalue weighted by Crippen LogP contribution is -2.10. The molecule has 0 aliphatic heterocycles. The maximum Gasteiger partial charge on any atom is 0.164 e. The number of benzene rings is 3. The molecule has 1 heterocycles. The minimum Gasteiger partial charge on any atom is -0.208 e. The normalized spacial score (nSPS) is 11.6. The maximum absolute atomic E-state index is 4.87. The molecule has 0 saturated carbocycles. The molecule has 0 unspecified atom stereocenters. The van der Waals surface area contributed by atoms with E-state index in [0.717, 1.165) is 21.2 Å². The van der Waals surface area contributed by atoms with Crippen molar-refractivity contribution in [2.24, 2.45) is 0 Å². The summed E-state index contributed by atoms with van der Waals surface area (Å²) >= 11 is 3.51. The molecule has 0 atom stereocenters. The van der Waals surface area contributed by atoms with E-state index in [2.05, 4.69) is 106 Å². The fourth-order valence-electron chi connectivity index (χ4n) is 3.60. The van der Waals surface area contributed by atoms with E-state index in [1.807, 2.05) is 38.1 Å². The van der Waals surface area contributed by atoms with E-state index in [1.54, 1.807) is 0 Å². The highest BCUT2D eigenvalue weighted by Crippen LogP contribution is 2.29. The van der Waals surface area contributed by atoms with Crippen molar-refractivity contribution in [1.29, 1.82) is 0 Å². The van der Waals surface area contributed by atoms with Gasteiger partial charge in [0.1, 0.15) is 0 Å². The molecule has 0 bridgehead atoms. The molecule has 0 N–H and O–H groups in total. The third-order valence-electron chi connectivity index (χ3n) is 5.76. The largest absolute Gasteiger partial charge is 0.208 e. The van der Waals surface area contributed by atoms with Crippen LogP contribution in [-0.4, -0.2) is 15.0 Å². The fourth-order valence-corrected chi connectivity index (χ4v) is 3.87. The van der Waals surface area contributed by atoms with Crippen molar-refractivity contribution < 1.29 is 0 Å². The predicted molar refractivity (Wildman–Crippen MR) is 153 cm³/mol. The second-order valence-corrected chi connectivity index (χ2v) is 11.4. The average molecular weight is 531 g/mol. The molecule has 0 fully saturated rings. The zero-order chi connectivity index (χ0) is 25.8. The van der Waals surface area contributed by atoms with Crippen molar-refractivity contribution in [2.75, 3.05) is 0 Å². The molecule has 4 heteroatoms. The van der Waals surface area contributed by atoms with E-state index in [4.69, 9.17) is 15.0 Å². The van der Waals surface area contributed by atoms with Gasteiger partial charge in [-0.3, -0.25) is 0 Å². The van der Waals surface area contributed by atoms with Crippen molar-refractivity contribution in [3.8, 4) is 34.2 Å². The van der Waals surface area contributed by atoms with Crippen LogP contribution >= 0.6 is 15.9 Å². The summed E-state index contributed by atoms with van der Waals surface area (Å²) < 4.78 is 1.02. The standard InChI is InChI=1S/C29H30BrN3.C2H6/c1-28(2,3)22-13-7-19(8-14-22)25-31-26(20-9-15-23(16-10-20)29(4,5)6)33-27(32-25)21-11-17-24(30)18-12-21;1-2/h7-18H,1-6H3;1-2H3. The highest BCUT2D eigenvalue weighted by atomic mass is 79.9. The van der Waals surface area contributed by atoms with Crippen LogP contribution in [-0.2, 0) is 10.8 Å². The SMILES string of the molecule is CC.CC(C)(C)c1ccc(-c2nc(-c3ccc(Br)cc3)nc(-c3ccc(C(C)(C)C)cc3)n2)cc1. The Bertz CT molecular complexity index is 1170. The predicted octanol–water partition coefficient (Wildman–Crippen LogP) is 9.26. The van der Waals surface area contributed by atoms with E-state index >= 15 is 0 Å². The van der Waals surface area contributed by atoms with Crippen LogP contribution in [0.2, 0.25) is 0 Å². The van der Waals surface area contributed by atoms with Gasteiger partial charge in [-0.25, -0.2) is 15.0 Å². The van der Waals surface area contributed by atoms with E-state index < -0.39 is 0 Å². The number of hydrogen-bond acceptors (Lipinski definition) is 3. The van der Waals surface area contributed by atoms with Crippen LogP contribution in [0.5, 0.6) is 0 Å². The van der Waals surface area contributed by atoms with Crippen LogP contribution in [0.25, 0.3) is 34.2 Å². The molecule has 0 saturated heterocycles. The first kappa shape index (κ1) is 26.7. The monoisotopic (exact) mass is 529 g/mol. The fraction of sp³-hybridized carbons (Fsp3) is 0.323. The molecular weight excluding hydrogens is 494 g/mol. The molecule has 182 valence electrons. The maximum atomic E-state index is 4.87. The van der Waals surface area contributed by atoms with Crippen molar-refractivity contribution in [3.63, 3.8) is 0 Å². The summed E-state index contributed by atoms with van der Waals surface area (Å²) in [5, 5.41) is 0. The summed E-state index contributed by atoms with van der Waals surface area (Å²) in [6.07, 6.45) is 0. The molecule has 4 aromatic rings. The lowest BCUT2D eigenvalue weighted by atomic mass is 9.86. The topological polar surface area (TPSA) is 38.7 Å². The zero-order valence-corrected chi connectivity index (χ0v) is 23.7. The van der Waals surface area contributed by atoms with Gasteiger partial charge < -0.3 is 0 Å². The van der Waals surface area contributed by atoms with Gasteiger partial charge in [0, 0.05) is 21.2 Å². The van der Waals surface area contributed by atoms with E-state index in [0.29, 0.717) is 17.5 Å². The van der Waals surface area contributed by atoms with Crippen molar-refractivity contribution >= 4 is 15.9 Å². The van der Waals surface area contributed by atoms with Gasteiger partial charge in [0.25, 0.3) is 0 Å². The highest BCUT2D eigenvalue weighted by Gasteiger charge is 2.17. The first-order valence-corrected chi connectivity index (χ1v) is 13.0. The number of aromatic nitrogens is 3. The second-order valence-electron chi connectivity index (χ2n) is 10.5. The Labute approximate surface area is 219 Å². The summed E-state index contributed by atoms with van der Waals surface area (Å²) in [6, 6.07) is 25.1. The van der Waals surface area contributed by atoms with Gasteiger partial charge in [-0.1, -0.05) is 132 Å². The van der Waals surface area contributed by atoms with Gasteiger partial charge in [-0.05, 0) is 34.1 Å². The summed E-state index contributed by atoms with van der Waals surface area (Å²) in [5.41, 5.74) is 5.69. The molecule has 0 spiro atoms. The van der Waals surface area contributed by atoms with Crippen LogP contribution in [0.1, 0.15) is 66.5 Å². The molecule has 0 amide bonds. The Hall–Kier alpha value is -2.85. The van der Waals surface area contributed by atoms with Crippen molar-refractivity contribution in [3.05, 3.63) is 88.4 Å². The molecule has 35 heavy (non-hydrogen) atoms. The van der Waals surface area contributed by atoms with Crippen LogP contribution in [0, 0.1) is 0 Å². The molecule has 3 nitrogen and oxygen atoms in total. The molecule has 0 aliphatic carbocycles. The Morgan fingerprint density at radius 3 is 0.971 bits per heavy atom. The minimum atomic E-state index is 0.0974. The summed E-state index contributed by atoms with van der Waals surface area (Å²) in [4.78, 5) is 14.5. The number of halogens is 1. The molecule has 3 aromatic carbocycles. The zero-order valence-electron chi connectivity index (χ0n) is 22.1. The van der Waals surface area contributed by atoms with Gasteiger partial charge >= 0.3 is 0 Å². The van der Waals surface area contributed by atoms with Gasteiger partial charge in [0.05, 0.1) is 0 Å². The number of hydrogen-bond donors (Lipinski definition) is 0. The molecule has 0 aliphatic rings. The highest BCUT2D eigenvalue weighted by molar-refractivity contribution is 9.10. The molecular formula is C31H36BrN3. The number of rotatable bonds is 3. The third kappa shape index (κ3) is 6.64. The Morgan fingerprint density at radius 1 is 0.457 bits per heavy atom. The average Bonchev–Trinajstić information content (AvgIpc) is 2.84. The summed E-state index contributed by atoms with van der Waals surface area (Å²) in [7, 11) is 0. The van der Waals surface area contributed by atoms with E-state index in [1.165, 1.54) is 11.1 Å². The summed E-state index contributed by atoms with van der Waals surface area (Å²) in [6.45, 7) is 17.3. The van der Waals surface area contributed by atoms with Crippen LogP contribution in [0.4, 0.5) is 0 Å². The molecule has 0 radical (unpaired) electrons. The Morgan fingerprint density at radius 2 is 0.714 bits per heavy atom. The van der Waals surface area contributed by atoms with E-state index in [9.17, 15) is 0 Å². The van der Waals surface area contributed by atoms with E-state index in [-0.39, 0.29) is 10.8 Å². The Balaban J connectivity index is 0.00000167. The first-order chi connectivity index (χ1) is 16.5. The van der Waals surface area contributed by atoms with Gasteiger partial charge in [-0.15, -0.1) is 0 Å². The Kier molecular flexibility index (Phi) is 8.27. The van der Waals surface area contributed by atoms with Crippen LogP contribution in [0.15, 0.2) is 77.3 Å². The number of nitrogens with zero attached hydrogens (tertiary/aromatic N) is 3. The van der Waals surface area contributed by atoms with Gasteiger partial charge in [0.15, 0.2) is 17.5 Å². The lowest BCUT2D eigenvalue weighted by Gasteiger charge is -2.19. The first-order valence-electron chi connectivity index (χ1n) is 12.2. The van der Waals surface area contributed by atoms with Crippen molar-refractivity contribution in [1.82, 2.24) is 15.0 Å².